The van der Waals surface area contributed by atoms with Gasteiger partial charge in [0.05, 0.1) is 11.0 Å². The number of hydrogen-bond acceptors (Lipinski definition) is 2. The van der Waals surface area contributed by atoms with Gasteiger partial charge in [0.1, 0.15) is 5.69 Å². The molecule has 0 bridgehead atoms. The Morgan fingerprint density at radius 1 is 1.45 bits per heavy atom. The van der Waals surface area contributed by atoms with E-state index in [4.69, 9.17) is 0 Å². The zero-order valence-electron chi connectivity index (χ0n) is 5.60. The van der Waals surface area contributed by atoms with Crippen LogP contribution in [-0.2, 0) is 10.7 Å². The van der Waals surface area contributed by atoms with Gasteiger partial charge >= 0.3 is 0 Å². The van der Waals surface area contributed by atoms with Crippen molar-refractivity contribution in [1.29, 1.82) is 0 Å². The summed E-state index contributed by atoms with van der Waals surface area (Å²) < 4.78 is 0. The van der Waals surface area contributed by atoms with E-state index in [9.17, 15) is 4.79 Å². The van der Waals surface area contributed by atoms with Crippen molar-refractivity contribution in [3.05, 3.63) is 27.9 Å². The highest BCUT2D eigenvalue weighted by molar-refractivity contribution is 9.08. The molecule has 0 unspecified atom stereocenters. The lowest BCUT2D eigenvalue weighted by Gasteiger charge is -1.95. The first-order valence-corrected chi connectivity index (χ1v) is 5.21. The number of rotatable bonds is 2. The van der Waals surface area contributed by atoms with Gasteiger partial charge in [0.2, 0.25) is 0 Å². The average molecular weight is 282 g/mol. The van der Waals surface area contributed by atoms with Crippen molar-refractivity contribution in [1.82, 2.24) is 9.97 Å². The lowest BCUT2D eigenvalue weighted by atomic mass is 10.4. The molecule has 0 fully saturated rings. The van der Waals surface area contributed by atoms with Crippen molar-refractivity contribution in [3.8, 4) is 0 Å². The molecule has 0 amide bonds. The second-order valence-corrected chi connectivity index (χ2v) is 3.06. The molecule has 1 aromatic heterocycles. The number of halogens is 2. The fourth-order valence-electron chi connectivity index (χ4n) is 0.648. The van der Waals surface area contributed by atoms with Gasteiger partial charge < -0.3 is 4.98 Å². The fourth-order valence-corrected chi connectivity index (χ4v) is 1.31. The highest BCUT2D eigenvalue weighted by Crippen LogP contribution is 2.00. The minimum atomic E-state index is -0.133. The molecule has 60 valence electrons. The van der Waals surface area contributed by atoms with Crippen LogP contribution in [0.2, 0.25) is 0 Å². The van der Waals surface area contributed by atoms with E-state index in [1.165, 1.54) is 0 Å². The highest BCUT2D eigenvalue weighted by atomic mass is 79.9. The van der Waals surface area contributed by atoms with Crippen LogP contribution in [0.15, 0.2) is 11.0 Å². The minimum absolute atomic E-state index is 0.133. The molecule has 1 aromatic rings. The van der Waals surface area contributed by atoms with E-state index >= 15 is 0 Å². The van der Waals surface area contributed by atoms with Crippen LogP contribution in [0.3, 0.4) is 0 Å². The lowest BCUT2D eigenvalue weighted by Crippen LogP contribution is -2.14. The highest BCUT2D eigenvalue weighted by Gasteiger charge is 1.99. The molecule has 1 N–H and O–H groups in total. The van der Waals surface area contributed by atoms with E-state index in [0.29, 0.717) is 16.4 Å². The number of aromatic nitrogens is 2. The number of H-pyrrole nitrogens is 1. The topological polar surface area (TPSA) is 45.8 Å². The van der Waals surface area contributed by atoms with E-state index in [2.05, 4.69) is 41.8 Å². The lowest BCUT2D eigenvalue weighted by molar-refractivity contribution is 0.999. The number of nitrogens with one attached hydrogen (secondary N) is 1. The Hall–Kier alpha value is -0.160. The number of alkyl halides is 2. The molecule has 0 aliphatic carbocycles. The first-order chi connectivity index (χ1) is 5.27. The summed E-state index contributed by atoms with van der Waals surface area (Å²) in [4.78, 5) is 17.6. The standard InChI is InChI=1S/C6H6Br2N2O/c7-1-4-3-9-6(11)5(2-8)10-4/h3H,1-2H2,(H,9,11). The van der Waals surface area contributed by atoms with Crippen LogP contribution < -0.4 is 5.56 Å². The summed E-state index contributed by atoms with van der Waals surface area (Å²) in [6, 6.07) is 0. The van der Waals surface area contributed by atoms with E-state index in [1.54, 1.807) is 6.20 Å². The van der Waals surface area contributed by atoms with E-state index in [-0.39, 0.29) is 5.56 Å². The third-order valence-corrected chi connectivity index (χ3v) is 2.28. The van der Waals surface area contributed by atoms with Crippen molar-refractivity contribution < 1.29 is 0 Å². The zero-order valence-corrected chi connectivity index (χ0v) is 8.77. The quantitative estimate of drug-likeness (QED) is 0.837. The van der Waals surface area contributed by atoms with Gasteiger partial charge in [-0.05, 0) is 0 Å². The average Bonchev–Trinajstić information content (AvgIpc) is 2.05. The zero-order chi connectivity index (χ0) is 8.27. The second-order valence-electron chi connectivity index (χ2n) is 1.93. The second kappa shape index (κ2) is 4.01. The van der Waals surface area contributed by atoms with Crippen molar-refractivity contribution in [2.24, 2.45) is 0 Å². The molecule has 0 saturated carbocycles. The Morgan fingerprint density at radius 2 is 2.18 bits per heavy atom. The summed E-state index contributed by atoms with van der Waals surface area (Å²) in [6.45, 7) is 0. The first-order valence-electron chi connectivity index (χ1n) is 2.97. The summed E-state index contributed by atoms with van der Waals surface area (Å²) in [5.41, 5.74) is 1.22. The number of nitrogens with zero attached hydrogens (tertiary/aromatic N) is 1. The molecule has 0 aliphatic rings. The maximum atomic E-state index is 11.0. The minimum Gasteiger partial charge on any atom is -0.326 e. The maximum Gasteiger partial charge on any atom is 0.270 e. The summed E-state index contributed by atoms with van der Waals surface area (Å²) in [5, 5.41) is 1.15. The van der Waals surface area contributed by atoms with Gasteiger partial charge in [0.25, 0.3) is 5.56 Å². The Bertz CT molecular complexity index is 297. The van der Waals surface area contributed by atoms with Gasteiger partial charge in [-0.1, -0.05) is 31.9 Å². The van der Waals surface area contributed by atoms with Gasteiger partial charge in [-0.2, -0.15) is 0 Å². The van der Waals surface area contributed by atoms with Crippen LogP contribution in [0.5, 0.6) is 0 Å². The molecule has 0 aromatic carbocycles. The first kappa shape index (κ1) is 8.93. The number of hydrogen-bond donors (Lipinski definition) is 1. The molecule has 1 rings (SSSR count). The molecular formula is C6H6Br2N2O. The van der Waals surface area contributed by atoms with Gasteiger partial charge in [-0.15, -0.1) is 0 Å². The van der Waals surface area contributed by atoms with Crippen molar-refractivity contribution >= 4 is 31.9 Å². The predicted octanol–water partition coefficient (Wildman–Crippen LogP) is 1.56. The van der Waals surface area contributed by atoms with Gasteiger partial charge in [-0.3, -0.25) is 4.79 Å². The predicted molar refractivity (Wildman–Crippen MR) is 50.1 cm³/mol. The molecule has 0 aliphatic heterocycles. The molecule has 5 heteroatoms. The monoisotopic (exact) mass is 280 g/mol. The summed E-state index contributed by atoms with van der Waals surface area (Å²) in [7, 11) is 0. The molecule has 0 atom stereocenters. The third kappa shape index (κ3) is 2.13. The molecular weight excluding hydrogens is 276 g/mol. The normalized spacial score (nSPS) is 10.0. The van der Waals surface area contributed by atoms with Crippen molar-refractivity contribution in [2.75, 3.05) is 0 Å². The van der Waals surface area contributed by atoms with Crippen LogP contribution in [0.25, 0.3) is 0 Å². The Balaban J connectivity index is 3.13. The molecule has 0 radical (unpaired) electrons. The fraction of sp³-hybridized carbons (Fsp3) is 0.333. The Morgan fingerprint density at radius 3 is 2.73 bits per heavy atom. The SMILES string of the molecule is O=c1[nH]cc(CBr)nc1CBr. The number of aromatic amines is 1. The smallest absolute Gasteiger partial charge is 0.270 e. The van der Waals surface area contributed by atoms with Crippen LogP contribution in [0, 0.1) is 0 Å². The van der Waals surface area contributed by atoms with Crippen LogP contribution in [0.1, 0.15) is 11.4 Å². The molecule has 1 heterocycles. The van der Waals surface area contributed by atoms with E-state index in [0.717, 1.165) is 5.69 Å². The van der Waals surface area contributed by atoms with Crippen molar-refractivity contribution in [2.45, 2.75) is 10.7 Å². The van der Waals surface area contributed by atoms with E-state index < -0.39 is 0 Å². The maximum absolute atomic E-state index is 11.0. The molecule has 0 spiro atoms. The van der Waals surface area contributed by atoms with Gasteiger partial charge in [0, 0.05) is 11.5 Å². The summed E-state index contributed by atoms with van der Waals surface area (Å²) in [6.07, 6.45) is 1.60. The van der Waals surface area contributed by atoms with Gasteiger partial charge in [-0.25, -0.2) is 4.98 Å². The molecule has 3 nitrogen and oxygen atoms in total. The third-order valence-electron chi connectivity index (χ3n) is 1.17. The van der Waals surface area contributed by atoms with Crippen LogP contribution >= 0.6 is 31.9 Å². The van der Waals surface area contributed by atoms with Crippen molar-refractivity contribution in [3.63, 3.8) is 0 Å². The summed E-state index contributed by atoms with van der Waals surface area (Å²) >= 11 is 6.42. The Kier molecular flexibility index (Phi) is 3.26. The van der Waals surface area contributed by atoms with Gasteiger partial charge in [0.15, 0.2) is 0 Å². The molecule has 11 heavy (non-hydrogen) atoms. The summed E-state index contributed by atoms with van der Waals surface area (Å²) in [5.74, 6) is 0. The van der Waals surface area contributed by atoms with Crippen LogP contribution in [0.4, 0.5) is 0 Å². The molecule has 0 saturated heterocycles. The largest absolute Gasteiger partial charge is 0.326 e. The van der Waals surface area contributed by atoms with E-state index in [1.807, 2.05) is 0 Å². The van der Waals surface area contributed by atoms with Crippen LogP contribution in [-0.4, -0.2) is 9.97 Å². The Labute approximate surface area is 80.5 Å².